The van der Waals surface area contributed by atoms with Gasteiger partial charge in [-0.2, -0.15) is 0 Å². The summed E-state index contributed by atoms with van der Waals surface area (Å²) in [6.07, 6.45) is 1.03. The van der Waals surface area contributed by atoms with Gasteiger partial charge >= 0.3 is 0 Å². The third kappa shape index (κ3) is 2.70. The second kappa shape index (κ2) is 5.31. The Morgan fingerprint density at radius 1 is 1.16 bits per heavy atom. The number of rotatable bonds is 3. The van der Waals surface area contributed by atoms with Crippen LogP contribution in [0.4, 0.5) is 10.1 Å². The number of ether oxygens (including phenoxy) is 1. The molecule has 0 aromatic heterocycles. The van der Waals surface area contributed by atoms with E-state index in [0.717, 1.165) is 13.0 Å². The molecule has 0 saturated heterocycles. The van der Waals surface area contributed by atoms with E-state index >= 15 is 0 Å². The fraction of sp³-hybridized carbons (Fsp3) is 0.250. The van der Waals surface area contributed by atoms with Gasteiger partial charge in [-0.05, 0) is 30.2 Å². The molecule has 1 unspecified atom stereocenters. The average Bonchev–Trinajstić information content (AvgIpc) is 2.45. The summed E-state index contributed by atoms with van der Waals surface area (Å²) in [6.45, 7) is 1.54. The number of nitrogens with one attached hydrogen (secondary N) is 1. The van der Waals surface area contributed by atoms with E-state index in [1.54, 1.807) is 12.1 Å². The monoisotopic (exact) mass is 257 g/mol. The van der Waals surface area contributed by atoms with E-state index in [9.17, 15) is 4.39 Å². The third-order valence-electron chi connectivity index (χ3n) is 3.46. The van der Waals surface area contributed by atoms with Crippen molar-refractivity contribution >= 4 is 5.69 Å². The van der Waals surface area contributed by atoms with Crippen LogP contribution in [-0.4, -0.2) is 13.2 Å². The molecule has 2 aromatic rings. The molecule has 0 saturated carbocycles. The Hall–Kier alpha value is -2.03. The molecule has 0 radical (unpaired) electrons. The van der Waals surface area contributed by atoms with Gasteiger partial charge in [-0.3, -0.25) is 0 Å². The van der Waals surface area contributed by atoms with Gasteiger partial charge in [-0.25, -0.2) is 4.39 Å². The molecule has 3 rings (SSSR count). The van der Waals surface area contributed by atoms with Crippen LogP contribution in [0.5, 0.6) is 5.75 Å². The first-order valence-corrected chi connectivity index (χ1v) is 6.54. The first kappa shape index (κ1) is 12.0. The van der Waals surface area contributed by atoms with E-state index in [4.69, 9.17) is 4.74 Å². The van der Waals surface area contributed by atoms with Crippen molar-refractivity contribution in [3.05, 3.63) is 59.9 Å². The minimum absolute atomic E-state index is 0.261. The molecule has 0 bridgehead atoms. The van der Waals surface area contributed by atoms with Crippen LogP contribution < -0.4 is 10.1 Å². The van der Waals surface area contributed by atoms with Crippen LogP contribution in [0.2, 0.25) is 0 Å². The van der Waals surface area contributed by atoms with Crippen LogP contribution in [0.3, 0.4) is 0 Å². The van der Waals surface area contributed by atoms with E-state index in [-0.39, 0.29) is 5.82 Å². The highest BCUT2D eigenvalue weighted by atomic mass is 19.1. The number of fused-ring (bicyclic) bond motifs is 1. The summed E-state index contributed by atoms with van der Waals surface area (Å²) in [4.78, 5) is 0. The number of hydrogen-bond donors (Lipinski definition) is 1. The minimum atomic E-state index is -0.261. The lowest BCUT2D eigenvalue weighted by Crippen LogP contribution is -2.21. The van der Waals surface area contributed by atoms with Crippen molar-refractivity contribution in [2.24, 2.45) is 0 Å². The summed E-state index contributed by atoms with van der Waals surface area (Å²) in [5, 5.41) is 3.38. The topological polar surface area (TPSA) is 21.3 Å². The summed E-state index contributed by atoms with van der Waals surface area (Å²) >= 11 is 0. The highest BCUT2D eigenvalue weighted by Gasteiger charge is 2.19. The highest BCUT2D eigenvalue weighted by Crippen LogP contribution is 2.31. The normalized spacial score (nSPS) is 17.4. The van der Waals surface area contributed by atoms with Crippen LogP contribution in [0, 0.1) is 5.82 Å². The van der Waals surface area contributed by atoms with Gasteiger partial charge in [-0.1, -0.05) is 24.3 Å². The molecular weight excluding hydrogens is 241 g/mol. The summed E-state index contributed by atoms with van der Waals surface area (Å²) in [5.41, 5.74) is 2.46. The summed E-state index contributed by atoms with van der Waals surface area (Å²) in [6, 6.07) is 14.6. The van der Waals surface area contributed by atoms with Gasteiger partial charge in [0.2, 0.25) is 0 Å². The van der Waals surface area contributed by atoms with Gasteiger partial charge in [0.25, 0.3) is 0 Å². The first-order chi connectivity index (χ1) is 9.33. The van der Waals surface area contributed by atoms with E-state index in [1.165, 1.54) is 23.4 Å². The van der Waals surface area contributed by atoms with Crippen molar-refractivity contribution in [3.8, 4) is 5.75 Å². The average molecular weight is 257 g/mol. The van der Waals surface area contributed by atoms with Gasteiger partial charge in [-0.15, -0.1) is 0 Å². The molecular formula is C16H16FNO. The molecule has 19 heavy (non-hydrogen) atoms. The molecule has 1 heterocycles. The Labute approximate surface area is 112 Å². The second-order valence-electron chi connectivity index (χ2n) is 4.77. The molecule has 3 heteroatoms. The largest absolute Gasteiger partial charge is 0.493 e. The zero-order valence-corrected chi connectivity index (χ0v) is 10.6. The lowest BCUT2D eigenvalue weighted by atomic mass is 9.92. The van der Waals surface area contributed by atoms with Crippen LogP contribution >= 0.6 is 0 Å². The van der Waals surface area contributed by atoms with E-state index in [1.807, 2.05) is 12.1 Å². The van der Waals surface area contributed by atoms with Crippen LogP contribution in [0.25, 0.3) is 0 Å². The lowest BCUT2D eigenvalue weighted by molar-refractivity contribution is 0.280. The molecule has 2 aromatic carbocycles. The number of hydrogen-bond acceptors (Lipinski definition) is 2. The van der Waals surface area contributed by atoms with Crippen LogP contribution in [0.15, 0.2) is 48.5 Å². The molecule has 1 N–H and O–H groups in total. The zero-order chi connectivity index (χ0) is 13.1. The van der Waals surface area contributed by atoms with Gasteiger partial charge in [0, 0.05) is 24.2 Å². The predicted octanol–water partition coefficient (Wildman–Crippen LogP) is 3.80. The smallest absolute Gasteiger partial charge is 0.126 e. The zero-order valence-electron chi connectivity index (χ0n) is 10.6. The quantitative estimate of drug-likeness (QED) is 0.903. The molecule has 1 aliphatic heterocycles. The third-order valence-corrected chi connectivity index (χ3v) is 3.46. The maximum atomic E-state index is 13.1. The Bertz CT molecular complexity index is 570. The minimum Gasteiger partial charge on any atom is -0.493 e. The Balaban J connectivity index is 1.71. The number of para-hydroxylation sites is 1. The number of anilines is 1. The molecule has 0 fully saturated rings. The van der Waals surface area contributed by atoms with E-state index < -0.39 is 0 Å². The van der Waals surface area contributed by atoms with E-state index in [0.29, 0.717) is 18.3 Å². The molecule has 98 valence electrons. The fourth-order valence-electron chi connectivity index (χ4n) is 2.48. The van der Waals surface area contributed by atoms with E-state index in [2.05, 4.69) is 17.4 Å². The summed E-state index contributed by atoms with van der Waals surface area (Å²) in [7, 11) is 0. The molecule has 0 aliphatic carbocycles. The van der Waals surface area contributed by atoms with Gasteiger partial charge in [0.05, 0.1) is 6.61 Å². The van der Waals surface area contributed by atoms with Crippen molar-refractivity contribution in [2.75, 3.05) is 18.5 Å². The SMILES string of the molecule is Fc1cccc(OCC2CCNc3ccccc32)c1. The fourth-order valence-corrected chi connectivity index (χ4v) is 2.48. The van der Waals surface area contributed by atoms with Crippen LogP contribution in [-0.2, 0) is 0 Å². The maximum Gasteiger partial charge on any atom is 0.126 e. The maximum absolute atomic E-state index is 13.1. The second-order valence-corrected chi connectivity index (χ2v) is 4.77. The highest BCUT2D eigenvalue weighted by molar-refractivity contribution is 5.54. The van der Waals surface area contributed by atoms with Gasteiger partial charge in [0.15, 0.2) is 0 Å². The van der Waals surface area contributed by atoms with Gasteiger partial charge in [0.1, 0.15) is 11.6 Å². The Morgan fingerprint density at radius 3 is 2.95 bits per heavy atom. The standard InChI is InChI=1S/C16H16FNO/c17-13-4-3-5-14(10-13)19-11-12-8-9-18-16-7-2-1-6-15(12)16/h1-7,10,12,18H,8-9,11H2. The van der Waals surface area contributed by atoms with Crippen molar-refractivity contribution < 1.29 is 9.13 Å². The lowest BCUT2D eigenvalue weighted by Gasteiger charge is -2.26. The molecule has 0 amide bonds. The molecule has 0 spiro atoms. The Morgan fingerprint density at radius 2 is 2.05 bits per heavy atom. The number of benzene rings is 2. The Kier molecular flexibility index (Phi) is 3.36. The first-order valence-electron chi connectivity index (χ1n) is 6.54. The van der Waals surface area contributed by atoms with Crippen LogP contribution in [0.1, 0.15) is 17.9 Å². The van der Waals surface area contributed by atoms with Crippen molar-refractivity contribution in [2.45, 2.75) is 12.3 Å². The van der Waals surface area contributed by atoms with Crippen molar-refractivity contribution in [1.82, 2.24) is 0 Å². The van der Waals surface area contributed by atoms with Crippen molar-refractivity contribution in [3.63, 3.8) is 0 Å². The molecule has 2 nitrogen and oxygen atoms in total. The summed E-state index contributed by atoms with van der Waals surface area (Å²) in [5.74, 6) is 0.694. The van der Waals surface area contributed by atoms with Gasteiger partial charge < -0.3 is 10.1 Å². The predicted molar refractivity (Wildman–Crippen MR) is 74.2 cm³/mol. The molecule has 1 aliphatic rings. The van der Waals surface area contributed by atoms with Crippen molar-refractivity contribution in [1.29, 1.82) is 0 Å². The number of halogens is 1. The summed E-state index contributed by atoms with van der Waals surface area (Å²) < 4.78 is 18.8. The molecule has 1 atom stereocenters.